The molecule has 3 rings (SSSR count). The second kappa shape index (κ2) is 4.16. The Morgan fingerprint density at radius 3 is 2.33 bits per heavy atom. The molecule has 0 radical (unpaired) electrons. The van der Waals surface area contributed by atoms with Crippen LogP contribution in [-0.2, 0) is 10.2 Å². The molecule has 0 aromatic rings. The fourth-order valence-corrected chi connectivity index (χ4v) is 5.17. The lowest BCUT2D eigenvalue weighted by atomic mass is 9.88. The fourth-order valence-electron chi connectivity index (χ4n) is 3.34. The van der Waals surface area contributed by atoms with E-state index in [9.17, 15) is 13.5 Å². The average Bonchev–Trinajstić information content (AvgIpc) is 2.93. The summed E-state index contributed by atoms with van der Waals surface area (Å²) in [7, 11) is -3.34. The van der Waals surface area contributed by atoms with Gasteiger partial charge in [0.15, 0.2) is 0 Å². The molecule has 6 heteroatoms. The quantitative estimate of drug-likeness (QED) is 0.811. The van der Waals surface area contributed by atoms with Crippen LogP contribution in [0.2, 0.25) is 0 Å². The molecule has 0 unspecified atom stereocenters. The predicted octanol–water partition coefficient (Wildman–Crippen LogP) is 0.420. The Hall–Kier alpha value is -0.170. The summed E-state index contributed by atoms with van der Waals surface area (Å²) in [5, 5.41) is 10.7. The van der Waals surface area contributed by atoms with Gasteiger partial charge in [0, 0.05) is 32.1 Å². The van der Waals surface area contributed by atoms with E-state index in [1.165, 1.54) is 4.31 Å². The lowest BCUT2D eigenvalue weighted by Gasteiger charge is -2.27. The molecule has 0 aromatic carbocycles. The van der Waals surface area contributed by atoms with E-state index < -0.39 is 15.8 Å². The molecule has 1 aliphatic carbocycles. The Labute approximate surface area is 109 Å². The summed E-state index contributed by atoms with van der Waals surface area (Å²) in [4.78, 5) is 0. The van der Waals surface area contributed by atoms with Gasteiger partial charge in [0.25, 0.3) is 10.2 Å². The zero-order chi connectivity index (χ0) is 13.0. The molecule has 2 saturated heterocycles. The maximum absolute atomic E-state index is 12.5. The maximum Gasteiger partial charge on any atom is 0.282 e. The number of β-amino-alcohol motifs (C(OH)–C–C–N with tert-alkyl or cyclic N) is 1. The van der Waals surface area contributed by atoms with Crippen LogP contribution in [0.4, 0.5) is 0 Å². The van der Waals surface area contributed by atoms with E-state index in [-0.39, 0.29) is 12.5 Å². The monoisotopic (exact) mass is 274 g/mol. The summed E-state index contributed by atoms with van der Waals surface area (Å²) >= 11 is 0. The van der Waals surface area contributed by atoms with Gasteiger partial charge < -0.3 is 5.11 Å². The van der Waals surface area contributed by atoms with Crippen molar-refractivity contribution in [3.63, 3.8) is 0 Å². The molecule has 0 bridgehead atoms. The Morgan fingerprint density at radius 1 is 1.17 bits per heavy atom. The highest BCUT2D eigenvalue weighted by Gasteiger charge is 2.55. The van der Waals surface area contributed by atoms with Crippen molar-refractivity contribution in [2.75, 3.05) is 26.2 Å². The van der Waals surface area contributed by atoms with Crippen molar-refractivity contribution in [1.82, 2.24) is 8.61 Å². The molecule has 2 heterocycles. The van der Waals surface area contributed by atoms with Gasteiger partial charge in [-0.3, -0.25) is 0 Å². The van der Waals surface area contributed by atoms with Crippen LogP contribution < -0.4 is 0 Å². The van der Waals surface area contributed by atoms with E-state index >= 15 is 0 Å². The molecule has 1 saturated carbocycles. The van der Waals surface area contributed by atoms with Crippen molar-refractivity contribution in [2.45, 2.75) is 38.2 Å². The van der Waals surface area contributed by atoms with Crippen molar-refractivity contribution in [2.24, 2.45) is 11.8 Å². The third-order valence-electron chi connectivity index (χ3n) is 4.76. The third kappa shape index (κ3) is 1.90. The molecule has 104 valence electrons. The second-order valence-corrected chi connectivity index (χ2v) is 8.00. The average molecular weight is 274 g/mol. The first-order chi connectivity index (χ1) is 8.44. The standard InChI is InChI=1S/C12H22N2O3S/c1-10-8-14(9-12(10,15)11-4-5-11)18(16,17)13-6-2-3-7-13/h10-11,15H,2-9H2,1H3/t10-,12+/m1/s1. The van der Waals surface area contributed by atoms with Crippen molar-refractivity contribution in [1.29, 1.82) is 0 Å². The van der Waals surface area contributed by atoms with Gasteiger partial charge in [-0.25, -0.2) is 0 Å². The number of hydrogen-bond donors (Lipinski definition) is 1. The molecule has 2 atom stereocenters. The molecule has 2 aliphatic heterocycles. The smallest absolute Gasteiger partial charge is 0.282 e. The van der Waals surface area contributed by atoms with Crippen molar-refractivity contribution in [3.8, 4) is 0 Å². The van der Waals surface area contributed by atoms with Crippen LogP contribution in [0.15, 0.2) is 0 Å². The first-order valence-electron chi connectivity index (χ1n) is 6.92. The molecular weight excluding hydrogens is 252 g/mol. The largest absolute Gasteiger partial charge is 0.388 e. The molecule has 1 N–H and O–H groups in total. The van der Waals surface area contributed by atoms with Crippen molar-refractivity contribution in [3.05, 3.63) is 0 Å². The molecule has 3 aliphatic rings. The Kier molecular flexibility index (Phi) is 2.97. The molecule has 0 spiro atoms. The first kappa shape index (κ1) is 12.8. The van der Waals surface area contributed by atoms with Crippen LogP contribution in [0.5, 0.6) is 0 Å². The normalized spacial score (nSPS) is 39.6. The van der Waals surface area contributed by atoms with Crippen LogP contribution in [-0.4, -0.2) is 53.9 Å². The van der Waals surface area contributed by atoms with E-state index in [0.29, 0.717) is 25.6 Å². The summed E-state index contributed by atoms with van der Waals surface area (Å²) in [6.45, 7) is 3.99. The SMILES string of the molecule is C[C@@H]1CN(S(=O)(=O)N2CCCC2)C[C@@]1(O)C1CC1. The summed E-state index contributed by atoms with van der Waals surface area (Å²) in [5.74, 6) is 0.355. The van der Waals surface area contributed by atoms with E-state index in [4.69, 9.17) is 0 Å². The van der Waals surface area contributed by atoms with Crippen molar-refractivity contribution >= 4 is 10.2 Å². The van der Waals surface area contributed by atoms with Gasteiger partial charge in [-0.05, 0) is 31.6 Å². The Bertz CT molecular complexity index is 429. The number of aliphatic hydroxyl groups is 1. The molecule has 5 nitrogen and oxygen atoms in total. The zero-order valence-corrected chi connectivity index (χ0v) is 11.7. The van der Waals surface area contributed by atoms with Crippen LogP contribution in [0.3, 0.4) is 0 Å². The highest BCUT2D eigenvalue weighted by Crippen LogP contribution is 2.47. The van der Waals surface area contributed by atoms with Gasteiger partial charge in [0.1, 0.15) is 0 Å². The second-order valence-electron chi connectivity index (χ2n) is 6.07. The van der Waals surface area contributed by atoms with E-state index in [1.807, 2.05) is 6.92 Å². The Morgan fingerprint density at radius 2 is 1.78 bits per heavy atom. The van der Waals surface area contributed by atoms with Crippen LogP contribution >= 0.6 is 0 Å². The summed E-state index contributed by atoms with van der Waals surface area (Å²) in [6.07, 6.45) is 3.99. The fraction of sp³-hybridized carbons (Fsp3) is 1.00. The molecule has 18 heavy (non-hydrogen) atoms. The summed E-state index contributed by atoms with van der Waals surface area (Å²) < 4.78 is 28.0. The molecular formula is C12H22N2O3S. The number of nitrogens with zero attached hydrogens (tertiary/aromatic N) is 2. The minimum absolute atomic E-state index is 0.0439. The first-order valence-corrected chi connectivity index (χ1v) is 8.32. The third-order valence-corrected chi connectivity index (χ3v) is 6.71. The van der Waals surface area contributed by atoms with Gasteiger partial charge >= 0.3 is 0 Å². The van der Waals surface area contributed by atoms with Crippen molar-refractivity contribution < 1.29 is 13.5 Å². The van der Waals surface area contributed by atoms with Gasteiger partial charge in [0.2, 0.25) is 0 Å². The van der Waals surface area contributed by atoms with Crippen LogP contribution in [0.25, 0.3) is 0 Å². The lowest BCUT2D eigenvalue weighted by molar-refractivity contribution is -0.00107. The molecule has 3 fully saturated rings. The molecule has 0 aromatic heterocycles. The van der Waals surface area contributed by atoms with Crippen LogP contribution in [0.1, 0.15) is 32.6 Å². The van der Waals surface area contributed by atoms with E-state index in [2.05, 4.69) is 0 Å². The predicted molar refractivity (Wildman–Crippen MR) is 68.1 cm³/mol. The van der Waals surface area contributed by atoms with E-state index in [0.717, 1.165) is 25.7 Å². The zero-order valence-electron chi connectivity index (χ0n) is 10.9. The van der Waals surface area contributed by atoms with Gasteiger partial charge in [-0.2, -0.15) is 17.0 Å². The summed E-state index contributed by atoms with van der Waals surface area (Å²) in [5.41, 5.74) is -0.785. The molecule has 0 amide bonds. The maximum atomic E-state index is 12.5. The minimum Gasteiger partial charge on any atom is -0.388 e. The van der Waals surface area contributed by atoms with Gasteiger partial charge in [0.05, 0.1) is 5.60 Å². The van der Waals surface area contributed by atoms with E-state index in [1.54, 1.807) is 4.31 Å². The topological polar surface area (TPSA) is 60.9 Å². The summed E-state index contributed by atoms with van der Waals surface area (Å²) in [6, 6.07) is 0. The number of hydrogen-bond acceptors (Lipinski definition) is 3. The Balaban J connectivity index is 1.78. The van der Waals surface area contributed by atoms with Crippen LogP contribution in [0, 0.1) is 11.8 Å². The lowest BCUT2D eigenvalue weighted by Crippen LogP contribution is -2.44. The highest BCUT2D eigenvalue weighted by molar-refractivity contribution is 7.86. The van der Waals surface area contributed by atoms with Gasteiger partial charge in [-0.15, -0.1) is 0 Å². The number of rotatable bonds is 3. The van der Waals surface area contributed by atoms with Gasteiger partial charge in [-0.1, -0.05) is 6.92 Å². The highest BCUT2D eigenvalue weighted by atomic mass is 32.2. The minimum atomic E-state index is -3.34.